The summed E-state index contributed by atoms with van der Waals surface area (Å²) < 4.78 is 34.3. The third-order valence-electron chi connectivity index (χ3n) is 2.30. The number of hydrogen-bond donors (Lipinski definition) is 1. The van der Waals surface area contributed by atoms with E-state index < -0.39 is 20.6 Å². The lowest BCUT2D eigenvalue weighted by Gasteiger charge is -2.03. The summed E-state index contributed by atoms with van der Waals surface area (Å²) in [6, 6.07) is 6.20. The summed E-state index contributed by atoms with van der Waals surface area (Å²) in [6.07, 6.45) is 2.82. The molecule has 0 saturated carbocycles. The van der Waals surface area contributed by atoms with Gasteiger partial charge in [0.05, 0.1) is 15.7 Å². The van der Waals surface area contributed by atoms with Crippen molar-refractivity contribution < 1.29 is 12.6 Å². The quantitative estimate of drug-likeness (QED) is 0.784. The summed E-state index contributed by atoms with van der Waals surface area (Å²) in [5, 5.41) is 0. The van der Waals surface area contributed by atoms with Crippen molar-refractivity contribution in [2.45, 2.75) is 22.6 Å². The minimum atomic E-state index is -3.18. The standard InChI is InChI=1S/C11H17NO3S2/c1-17(14,15)11-6-4-10(5-7-11)16(13)9-3-2-8-12/h4-7H,2-3,8-9,12H2,1H3. The van der Waals surface area contributed by atoms with Crippen molar-refractivity contribution in [3.8, 4) is 0 Å². The van der Waals surface area contributed by atoms with E-state index in [4.69, 9.17) is 5.73 Å². The topological polar surface area (TPSA) is 77.2 Å². The molecule has 1 rings (SSSR count). The van der Waals surface area contributed by atoms with Crippen LogP contribution in [0.2, 0.25) is 0 Å². The lowest BCUT2D eigenvalue weighted by molar-refractivity contribution is 0.601. The minimum absolute atomic E-state index is 0.250. The van der Waals surface area contributed by atoms with E-state index in [-0.39, 0.29) is 4.90 Å². The van der Waals surface area contributed by atoms with Crippen LogP contribution < -0.4 is 5.73 Å². The van der Waals surface area contributed by atoms with Crippen molar-refractivity contribution in [2.75, 3.05) is 18.6 Å². The van der Waals surface area contributed by atoms with Gasteiger partial charge in [0.25, 0.3) is 0 Å². The van der Waals surface area contributed by atoms with Gasteiger partial charge in [0, 0.05) is 16.9 Å². The number of hydrogen-bond acceptors (Lipinski definition) is 4. The molecular weight excluding hydrogens is 258 g/mol. The zero-order valence-electron chi connectivity index (χ0n) is 9.76. The SMILES string of the molecule is CS(=O)(=O)c1ccc(S(=O)CCCCN)cc1. The van der Waals surface area contributed by atoms with Gasteiger partial charge in [-0.25, -0.2) is 8.42 Å². The van der Waals surface area contributed by atoms with E-state index >= 15 is 0 Å². The Morgan fingerprint density at radius 3 is 2.24 bits per heavy atom. The first-order chi connectivity index (χ1) is 7.95. The molecule has 6 heteroatoms. The fourth-order valence-electron chi connectivity index (χ4n) is 1.33. The third kappa shape index (κ3) is 4.57. The highest BCUT2D eigenvalue weighted by molar-refractivity contribution is 7.90. The second-order valence-corrected chi connectivity index (χ2v) is 7.38. The molecular formula is C11H17NO3S2. The third-order valence-corrected chi connectivity index (χ3v) is 4.88. The summed E-state index contributed by atoms with van der Waals surface area (Å²) in [7, 11) is -4.25. The Bertz CT molecular complexity index is 480. The first-order valence-corrected chi connectivity index (χ1v) is 8.55. The summed E-state index contributed by atoms with van der Waals surface area (Å²) in [5.41, 5.74) is 5.36. The Labute approximate surface area is 105 Å². The van der Waals surface area contributed by atoms with E-state index in [2.05, 4.69) is 0 Å². The van der Waals surface area contributed by atoms with Gasteiger partial charge in [-0.2, -0.15) is 0 Å². The lowest BCUT2D eigenvalue weighted by Crippen LogP contribution is -2.04. The molecule has 0 bridgehead atoms. The Morgan fingerprint density at radius 2 is 1.76 bits per heavy atom. The average Bonchev–Trinajstić information content (AvgIpc) is 2.28. The second kappa shape index (κ2) is 6.28. The van der Waals surface area contributed by atoms with Crippen LogP contribution in [0.5, 0.6) is 0 Å². The summed E-state index contributed by atoms with van der Waals surface area (Å²) in [5.74, 6) is 0.565. The molecule has 0 radical (unpaired) electrons. The maximum Gasteiger partial charge on any atom is 0.175 e. The fourth-order valence-corrected chi connectivity index (χ4v) is 3.11. The summed E-state index contributed by atoms with van der Waals surface area (Å²) >= 11 is 0. The van der Waals surface area contributed by atoms with Crippen LogP contribution in [0.3, 0.4) is 0 Å². The molecule has 0 fully saturated rings. The Kier molecular flexibility index (Phi) is 5.30. The van der Waals surface area contributed by atoms with Crippen LogP contribution in [0.4, 0.5) is 0 Å². The molecule has 1 unspecified atom stereocenters. The zero-order chi connectivity index (χ0) is 12.9. The Morgan fingerprint density at radius 1 is 1.18 bits per heavy atom. The predicted molar refractivity (Wildman–Crippen MR) is 69.1 cm³/mol. The largest absolute Gasteiger partial charge is 0.330 e. The molecule has 0 aliphatic rings. The minimum Gasteiger partial charge on any atom is -0.330 e. The van der Waals surface area contributed by atoms with Crippen molar-refractivity contribution in [3.63, 3.8) is 0 Å². The van der Waals surface area contributed by atoms with Crippen molar-refractivity contribution in [3.05, 3.63) is 24.3 Å². The Balaban J connectivity index is 2.71. The van der Waals surface area contributed by atoms with E-state index in [9.17, 15) is 12.6 Å². The van der Waals surface area contributed by atoms with Crippen LogP contribution in [-0.4, -0.2) is 31.2 Å². The molecule has 1 aromatic rings. The van der Waals surface area contributed by atoms with Crippen molar-refractivity contribution in [2.24, 2.45) is 5.73 Å². The van der Waals surface area contributed by atoms with Gasteiger partial charge >= 0.3 is 0 Å². The summed E-state index contributed by atoms with van der Waals surface area (Å²) in [4.78, 5) is 0.912. The van der Waals surface area contributed by atoms with Gasteiger partial charge < -0.3 is 5.73 Å². The molecule has 0 saturated heterocycles. The van der Waals surface area contributed by atoms with Crippen molar-refractivity contribution in [1.82, 2.24) is 0 Å². The van der Waals surface area contributed by atoms with Gasteiger partial charge in [0.15, 0.2) is 9.84 Å². The smallest absolute Gasteiger partial charge is 0.175 e. The molecule has 4 nitrogen and oxygen atoms in total. The maximum absolute atomic E-state index is 11.8. The zero-order valence-corrected chi connectivity index (χ0v) is 11.4. The van der Waals surface area contributed by atoms with E-state index in [0.29, 0.717) is 17.2 Å². The van der Waals surface area contributed by atoms with Gasteiger partial charge in [0.2, 0.25) is 0 Å². The molecule has 2 N–H and O–H groups in total. The highest BCUT2D eigenvalue weighted by Gasteiger charge is 2.08. The molecule has 0 spiro atoms. The average molecular weight is 275 g/mol. The molecule has 17 heavy (non-hydrogen) atoms. The van der Waals surface area contributed by atoms with Gasteiger partial charge in [-0.3, -0.25) is 4.21 Å². The van der Waals surface area contributed by atoms with Gasteiger partial charge in [-0.05, 0) is 43.7 Å². The van der Waals surface area contributed by atoms with Crippen LogP contribution >= 0.6 is 0 Å². The maximum atomic E-state index is 11.8. The fraction of sp³-hybridized carbons (Fsp3) is 0.455. The monoisotopic (exact) mass is 275 g/mol. The first-order valence-electron chi connectivity index (χ1n) is 5.33. The number of unbranched alkanes of at least 4 members (excludes halogenated alkanes) is 1. The molecule has 0 aliphatic heterocycles. The lowest BCUT2D eigenvalue weighted by atomic mass is 10.3. The Hall–Kier alpha value is -0.720. The van der Waals surface area contributed by atoms with Crippen LogP contribution in [0.1, 0.15) is 12.8 Å². The van der Waals surface area contributed by atoms with E-state index in [1.165, 1.54) is 12.1 Å². The molecule has 96 valence electrons. The highest BCUT2D eigenvalue weighted by Crippen LogP contribution is 2.13. The van der Waals surface area contributed by atoms with E-state index in [1.54, 1.807) is 12.1 Å². The van der Waals surface area contributed by atoms with Crippen LogP contribution in [0.25, 0.3) is 0 Å². The molecule has 1 atom stereocenters. The first kappa shape index (κ1) is 14.3. The highest BCUT2D eigenvalue weighted by atomic mass is 32.2. The molecule has 1 aromatic carbocycles. The van der Waals surface area contributed by atoms with Gasteiger partial charge in [-0.1, -0.05) is 0 Å². The predicted octanol–water partition coefficient (Wildman–Crippen LogP) is 0.937. The van der Waals surface area contributed by atoms with E-state index in [1.807, 2.05) is 0 Å². The molecule has 0 aliphatic carbocycles. The summed E-state index contributed by atoms with van der Waals surface area (Å²) in [6.45, 7) is 0.601. The molecule has 0 heterocycles. The number of rotatable bonds is 6. The van der Waals surface area contributed by atoms with E-state index in [0.717, 1.165) is 19.1 Å². The van der Waals surface area contributed by atoms with Crippen LogP contribution in [0.15, 0.2) is 34.1 Å². The molecule has 0 amide bonds. The van der Waals surface area contributed by atoms with Crippen molar-refractivity contribution >= 4 is 20.6 Å². The number of sulfone groups is 1. The number of nitrogens with two attached hydrogens (primary N) is 1. The van der Waals surface area contributed by atoms with Gasteiger partial charge in [0.1, 0.15) is 0 Å². The normalized spacial score (nSPS) is 13.5. The number of benzene rings is 1. The second-order valence-electron chi connectivity index (χ2n) is 3.79. The van der Waals surface area contributed by atoms with Crippen molar-refractivity contribution in [1.29, 1.82) is 0 Å². The van der Waals surface area contributed by atoms with Gasteiger partial charge in [-0.15, -0.1) is 0 Å². The van der Waals surface area contributed by atoms with Crippen LogP contribution in [0, 0.1) is 0 Å². The van der Waals surface area contributed by atoms with Crippen LogP contribution in [-0.2, 0) is 20.6 Å². The molecule has 0 aromatic heterocycles.